The van der Waals surface area contributed by atoms with E-state index in [-0.39, 0.29) is 0 Å². The number of hydrogen-bond acceptors (Lipinski definition) is 0. The Kier molecular flexibility index (Phi) is 6.34. The molecule has 1 aliphatic rings. The van der Waals surface area contributed by atoms with Crippen LogP contribution in [-0.4, -0.2) is 0 Å². The molecule has 0 unspecified atom stereocenters. The summed E-state index contributed by atoms with van der Waals surface area (Å²) in [6.45, 7) is 6.13. The predicted octanol–water partition coefficient (Wildman–Crippen LogP) is 4.27. The third-order valence-corrected chi connectivity index (χ3v) is 2.01. The van der Waals surface area contributed by atoms with Gasteiger partial charge in [0.05, 0.1) is 0 Å². The summed E-state index contributed by atoms with van der Waals surface area (Å²) in [5, 5.41) is 1.06. The zero-order valence-corrected chi connectivity index (χ0v) is 8.41. The van der Waals surface area contributed by atoms with Crippen molar-refractivity contribution in [2.45, 2.75) is 40.0 Å². The Morgan fingerprint density at radius 3 is 2.45 bits per heavy atom. The molecule has 0 amide bonds. The third kappa shape index (κ3) is 3.62. The predicted molar refractivity (Wildman–Crippen MR) is 52.9 cm³/mol. The second kappa shape index (κ2) is 6.48. The highest BCUT2D eigenvalue weighted by Gasteiger charge is 2.01. The highest BCUT2D eigenvalue weighted by Crippen LogP contribution is 2.23. The van der Waals surface area contributed by atoms with Gasteiger partial charge in [-0.1, -0.05) is 44.5 Å². The lowest BCUT2D eigenvalue weighted by molar-refractivity contribution is 0.965. The Bertz CT molecular complexity index is 154. The molecule has 0 heterocycles. The molecule has 0 aromatic heterocycles. The standard InChI is InChI=1S/C8H11Cl.C2H6/c1-2-7-5-3-4-6-8(7)9;1-2/h3,5H,2,4,6H2,1H3;1-2H3. The molecule has 0 spiro atoms. The Morgan fingerprint density at radius 1 is 1.45 bits per heavy atom. The first-order valence-corrected chi connectivity index (χ1v) is 4.76. The lowest BCUT2D eigenvalue weighted by atomic mass is 10.1. The summed E-state index contributed by atoms with van der Waals surface area (Å²) >= 11 is 5.91. The van der Waals surface area contributed by atoms with Crippen LogP contribution in [0.25, 0.3) is 0 Å². The van der Waals surface area contributed by atoms with Crippen molar-refractivity contribution in [3.63, 3.8) is 0 Å². The van der Waals surface area contributed by atoms with E-state index < -0.39 is 0 Å². The summed E-state index contributed by atoms with van der Waals surface area (Å²) in [5.74, 6) is 0. The van der Waals surface area contributed by atoms with Crippen LogP contribution < -0.4 is 0 Å². The fraction of sp³-hybridized carbons (Fsp3) is 0.600. The maximum absolute atomic E-state index is 5.91. The molecule has 0 atom stereocenters. The SMILES string of the molecule is CC.CCC1=C(Cl)CCC=C1. The van der Waals surface area contributed by atoms with Crippen LogP contribution in [0, 0.1) is 0 Å². The molecule has 1 heteroatoms. The first kappa shape index (κ1) is 10.8. The van der Waals surface area contributed by atoms with Crippen molar-refractivity contribution in [2.24, 2.45) is 0 Å². The molecular formula is C10H17Cl. The zero-order chi connectivity index (χ0) is 8.69. The lowest BCUT2D eigenvalue weighted by Crippen LogP contribution is -1.86. The van der Waals surface area contributed by atoms with Gasteiger partial charge in [-0.25, -0.2) is 0 Å². The zero-order valence-electron chi connectivity index (χ0n) is 7.65. The van der Waals surface area contributed by atoms with Crippen molar-refractivity contribution in [3.8, 4) is 0 Å². The smallest absolute Gasteiger partial charge is 0.0215 e. The van der Waals surface area contributed by atoms with Crippen LogP contribution in [0.2, 0.25) is 0 Å². The van der Waals surface area contributed by atoms with Gasteiger partial charge < -0.3 is 0 Å². The summed E-state index contributed by atoms with van der Waals surface area (Å²) in [7, 11) is 0. The number of rotatable bonds is 1. The van der Waals surface area contributed by atoms with Crippen molar-refractivity contribution in [3.05, 3.63) is 22.8 Å². The average Bonchev–Trinajstić information content (AvgIpc) is 2.09. The number of halogens is 1. The quantitative estimate of drug-likeness (QED) is 0.554. The topological polar surface area (TPSA) is 0 Å². The van der Waals surface area contributed by atoms with E-state index in [1.54, 1.807) is 0 Å². The molecule has 1 rings (SSSR count). The molecule has 0 radical (unpaired) electrons. The van der Waals surface area contributed by atoms with Gasteiger partial charge >= 0.3 is 0 Å². The summed E-state index contributed by atoms with van der Waals surface area (Å²) in [6, 6.07) is 0. The van der Waals surface area contributed by atoms with E-state index in [1.807, 2.05) is 13.8 Å². The number of hydrogen-bond donors (Lipinski definition) is 0. The molecule has 64 valence electrons. The van der Waals surface area contributed by atoms with E-state index in [4.69, 9.17) is 11.6 Å². The Balaban J connectivity index is 0.000000461. The molecule has 0 nitrogen and oxygen atoms in total. The minimum absolute atomic E-state index is 1.04. The summed E-state index contributed by atoms with van der Waals surface area (Å²) in [4.78, 5) is 0. The largest absolute Gasteiger partial charge is 0.0888 e. The second-order valence-electron chi connectivity index (χ2n) is 2.22. The molecule has 0 bridgehead atoms. The molecule has 0 aromatic carbocycles. The van der Waals surface area contributed by atoms with Crippen LogP contribution in [0.5, 0.6) is 0 Å². The Hall–Kier alpha value is -0.230. The first-order chi connectivity index (χ1) is 5.34. The number of allylic oxidation sites excluding steroid dienone is 4. The first-order valence-electron chi connectivity index (χ1n) is 4.38. The molecule has 0 saturated carbocycles. The van der Waals surface area contributed by atoms with Crippen LogP contribution in [0.15, 0.2) is 22.8 Å². The second-order valence-corrected chi connectivity index (χ2v) is 2.68. The monoisotopic (exact) mass is 172 g/mol. The van der Waals surface area contributed by atoms with Gasteiger partial charge in [0, 0.05) is 5.03 Å². The van der Waals surface area contributed by atoms with Gasteiger partial charge in [-0.2, -0.15) is 0 Å². The fourth-order valence-corrected chi connectivity index (χ4v) is 1.30. The summed E-state index contributed by atoms with van der Waals surface area (Å²) < 4.78 is 0. The molecule has 0 aliphatic heterocycles. The molecule has 1 aliphatic carbocycles. The van der Waals surface area contributed by atoms with Crippen LogP contribution in [0.4, 0.5) is 0 Å². The Labute approximate surface area is 74.9 Å². The summed E-state index contributed by atoms with van der Waals surface area (Å²) in [6.07, 6.45) is 7.54. The minimum Gasteiger partial charge on any atom is -0.0888 e. The molecular weight excluding hydrogens is 156 g/mol. The minimum atomic E-state index is 1.04. The maximum Gasteiger partial charge on any atom is 0.0215 e. The highest BCUT2D eigenvalue weighted by atomic mass is 35.5. The Morgan fingerprint density at radius 2 is 2.09 bits per heavy atom. The average molecular weight is 173 g/mol. The van der Waals surface area contributed by atoms with Gasteiger partial charge in [0.25, 0.3) is 0 Å². The van der Waals surface area contributed by atoms with Crippen LogP contribution in [-0.2, 0) is 0 Å². The van der Waals surface area contributed by atoms with Gasteiger partial charge in [0.1, 0.15) is 0 Å². The molecule has 0 saturated heterocycles. The van der Waals surface area contributed by atoms with E-state index >= 15 is 0 Å². The van der Waals surface area contributed by atoms with Crippen molar-refractivity contribution in [1.82, 2.24) is 0 Å². The van der Waals surface area contributed by atoms with Gasteiger partial charge in [-0.05, 0) is 24.8 Å². The van der Waals surface area contributed by atoms with Gasteiger partial charge in [-0.15, -0.1) is 0 Å². The van der Waals surface area contributed by atoms with Crippen molar-refractivity contribution in [2.75, 3.05) is 0 Å². The molecule has 11 heavy (non-hydrogen) atoms. The van der Waals surface area contributed by atoms with E-state index in [2.05, 4.69) is 19.1 Å². The third-order valence-electron chi connectivity index (χ3n) is 1.58. The van der Waals surface area contributed by atoms with Crippen LogP contribution in [0.3, 0.4) is 0 Å². The van der Waals surface area contributed by atoms with Crippen molar-refractivity contribution >= 4 is 11.6 Å². The van der Waals surface area contributed by atoms with Crippen molar-refractivity contribution in [1.29, 1.82) is 0 Å². The lowest BCUT2D eigenvalue weighted by Gasteiger charge is -2.07. The highest BCUT2D eigenvalue weighted by molar-refractivity contribution is 6.30. The van der Waals surface area contributed by atoms with Crippen LogP contribution in [0.1, 0.15) is 40.0 Å². The van der Waals surface area contributed by atoms with E-state index in [1.165, 1.54) is 5.57 Å². The van der Waals surface area contributed by atoms with Gasteiger partial charge in [0.2, 0.25) is 0 Å². The maximum atomic E-state index is 5.91. The van der Waals surface area contributed by atoms with E-state index in [0.717, 1.165) is 24.3 Å². The van der Waals surface area contributed by atoms with E-state index in [9.17, 15) is 0 Å². The molecule has 0 fully saturated rings. The molecule has 0 aromatic rings. The fourth-order valence-electron chi connectivity index (χ4n) is 0.996. The van der Waals surface area contributed by atoms with Gasteiger partial charge in [-0.3, -0.25) is 0 Å². The molecule has 0 N–H and O–H groups in total. The normalized spacial score (nSPS) is 16.0. The van der Waals surface area contributed by atoms with Crippen molar-refractivity contribution < 1.29 is 0 Å². The van der Waals surface area contributed by atoms with E-state index in [0.29, 0.717) is 0 Å². The van der Waals surface area contributed by atoms with Crippen LogP contribution >= 0.6 is 11.6 Å². The van der Waals surface area contributed by atoms with Gasteiger partial charge in [0.15, 0.2) is 0 Å². The summed E-state index contributed by atoms with van der Waals surface area (Å²) in [5.41, 5.74) is 1.31.